The van der Waals surface area contributed by atoms with E-state index in [4.69, 9.17) is 15.7 Å². The molecule has 204 valence electrons. The number of hydrogen-bond donors (Lipinski definition) is 3. The summed E-state index contributed by atoms with van der Waals surface area (Å²) in [6.07, 6.45) is 1.71. The first-order chi connectivity index (χ1) is 18.3. The van der Waals surface area contributed by atoms with Gasteiger partial charge < -0.3 is 11.1 Å². The molecule has 0 saturated heterocycles. The van der Waals surface area contributed by atoms with Crippen molar-refractivity contribution in [2.45, 2.75) is 44.0 Å². The van der Waals surface area contributed by atoms with E-state index >= 15 is 0 Å². The molecule has 0 saturated carbocycles. The third kappa shape index (κ3) is 6.79. The van der Waals surface area contributed by atoms with E-state index in [0.717, 1.165) is 32.3 Å². The maximum atomic E-state index is 13.4. The van der Waals surface area contributed by atoms with E-state index in [1.54, 1.807) is 35.7 Å². The third-order valence-electron chi connectivity index (χ3n) is 5.84. The second-order valence-electron chi connectivity index (χ2n) is 10.3. The topological polar surface area (TPSA) is 123 Å². The van der Waals surface area contributed by atoms with Crippen LogP contribution < -0.4 is 26.5 Å². The molecule has 0 aliphatic carbocycles. The molecular formula is C26H31BIN6O2PS2. The van der Waals surface area contributed by atoms with Crippen molar-refractivity contribution in [3.8, 4) is 21.8 Å². The summed E-state index contributed by atoms with van der Waals surface area (Å²) < 4.78 is 30.3. The Bertz CT molecular complexity index is 1600. The van der Waals surface area contributed by atoms with Gasteiger partial charge in [0, 0.05) is 33.5 Å². The number of anilines is 2. The van der Waals surface area contributed by atoms with Crippen LogP contribution in [0.4, 0.5) is 11.6 Å². The molecule has 2 unspecified atom stereocenters. The van der Waals surface area contributed by atoms with E-state index in [0.29, 0.717) is 27.1 Å². The molecule has 39 heavy (non-hydrogen) atoms. The van der Waals surface area contributed by atoms with E-state index in [1.807, 2.05) is 61.6 Å². The van der Waals surface area contributed by atoms with Crippen LogP contribution in [0.25, 0.3) is 21.8 Å². The fourth-order valence-corrected chi connectivity index (χ4v) is 8.66. The Labute approximate surface area is 250 Å². The van der Waals surface area contributed by atoms with Gasteiger partial charge in [0.2, 0.25) is 5.95 Å². The average molecular weight is 692 g/mol. The summed E-state index contributed by atoms with van der Waals surface area (Å²) in [7, 11) is 0.579. The summed E-state index contributed by atoms with van der Waals surface area (Å²) in [6.45, 7) is 8.82. The first-order valence-electron chi connectivity index (χ1n) is 12.3. The molecule has 0 radical (unpaired) electrons. The number of thiazole rings is 1. The zero-order valence-corrected chi connectivity index (χ0v) is 27.4. The predicted octanol–water partition coefficient (Wildman–Crippen LogP) is 3.49. The van der Waals surface area contributed by atoms with Crippen molar-refractivity contribution in [2.75, 3.05) is 16.6 Å². The molecule has 4 aromatic rings. The Morgan fingerprint density at radius 2 is 1.87 bits per heavy atom. The van der Waals surface area contributed by atoms with Crippen LogP contribution in [0.1, 0.15) is 32.7 Å². The van der Waals surface area contributed by atoms with Gasteiger partial charge in [-0.05, 0) is 58.6 Å². The molecule has 0 amide bonds. The number of benzene rings is 2. The highest BCUT2D eigenvalue weighted by Crippen LogP contribution is 2.40. The Morgan fingerprint density at radius 1 is 1.15 bits per heavy atom. The van der Waals surface area contributed by atoms with Crippen LogP contribution in [0.15, 0.2) is 53.6 Å². The molecule has 2 aromatic heterocycles. The average Bonchev–Trinajstić information content (AvgIpc) is 3.30. The van der Waals surface area contributed by atoms with Crippen molar-refractivity contribution in [1.29, 1.82) is 0 Å². The first kappa shape index (κ1) is 29.9. The second-order valence-corrected chi connectivity index (χ2v) is 14.7. The van der Waals surface area contributed by atoms with Gasteiger partial charge in [-0.1, -0.05) is 50.5 Å². The fraction of sp³-hybridized carbons (Fsp3) is 0.269. The number of nitrogens with two attached hydrogens (primary N) is 1. The van der Waals surface area contributed by atoms with Gasteiger partial charge in [0.25, 0.3) is 10.0 Å². The van der Waals surface area contributed by atoms with Gasteiger partial charge in [-0.2, -0.15) is 0 Å². The molecule has 13 heteroatoms. The van der Waals surface area contributed by atoms with Gasteiger partial charge >= 0.3 is 0 Å². The molecule has 2 heterocycles. The van der Waals surface area contributed by atoms with Crippen LogP contribution >= 0.6 is 43.2 Å². The van der Waals surface area contributed by atoms with E-state index in [1.165, 1.54) is 0 Å². The Hall–Kier alpha value is -2.12. The van der Waals surface area contributed by atoms with Crippen molar-refractivity contribution in [3.05, 3.63) is 57.2 Å². The lowest BCUT2D eigenvalue weighted by Gasteiger charge is -2.16. The minimum atomic E-state index is -3.83. The van der Waals surface area contributed by atoms with Crippen molar-refractivity contribution in [2.24, 2.45) is 5.73 Å². The largest absolute Gasteiger partial charge is 0.353 e. The molecule has 0 aliphatic heterocycles. The zero-order chi connectivity index (χ0) is 28.5. The summed E-state index contributed by atoms with van der Waals surface area (Å²) in [6, 6.07) is 12.8. The van der Waals surface area contributed by atoms with Crippen LogP contribution in [0.5, 0.6) is 0 Å². The number of nitrogens with zero attached hydrogens (tertiary/aromatic N) is 3. The molecule has 2 aromatic carbocycles. The van der Waals surface area contributed by atoms with Crippen LogP contribution in [0, 0.1) is 3.57 Å². The normalized spacial score (nSPS) is 12.8. The first-order valence-corrected chi connectivity index (χ1v) is 16.2. The predicted molar refractivity (Wildman–Crippen MR) is 177 cm³/mol. The number of aromatic nitrogens is 3. The number of rotatable bonds is 8. The molecule has 0 spiro atoms. The number of nitrogens with one attached hydrogen (secondary N) is 2. The summed E-state index contributed by atoms with van der Waals surface area (Å²) >= 11 is 3.63. The summed E-state index contributed by atoms with van der Waals surface area (Å²) in [4.78, 5) is 15.3. The molecule has 4 N–H and O–H groups in total. The quantitative estimate of drug-likeness (QED) is 0.147. The van der Waals surface area contributed by atoms with Gasteiger partial charge in [-0.15, -0.1) is 20.6 Å². The zero-order valence-electron chi connectivity index (χ0n) is 22.4. The number of sulfonamides is 1. The minimum Gasteiger partial charge on any atom is -0.353 e. The van der Waals surface area contributed by atoms with Gasteiger partial charge in [-0.3, -0.25) is 4.72 Å². The lowest BCUT2D eigenvalue weighted by Crippen LogP contribution is -2.25. The lowest BCUT2D eigenvalue weighted by molar-refractivity contribution is 0.586. The van der Waals surface area contributed by atoms with E-state index in [2.05, 4.69) is 45.0 Å². The molecule has 8 nitrogen and oxygen atoms in total. The Morgan fingerprint density at radius 3 is 2.54 bits per heavy atom. The standard InChI is InChI=1S/C26H31BIN6O2PS2/c1-14(29)13-31-25-30-12-11-18(32-25)22-21(33-24(38-22)26(2,3)4)15-7-5-9-17(20(15)27)34-39(35,36)23-16(28)8-6-10-19(23)37/h5-12,14,34H,13,27,29,37H2,1-4H3,(H,30,31,32). The van der Waals surface area contributed by atoms with Gasteiger partial charge in [0.05, 0.1) is 21.3 Å². The van der Waals surface area contributed by atoms with Gasteiger partial charge in [-0.25, -0.2) is 23.4 Å². The highest BCUT2D eigenvalue weighted by molar-refractivity contribution is 14.1. The highest BCUT2D eigenvalue weighted by atomic mass is 127. The summed E-state index contributed by atoms with van der Waals surface area (Å²) in [5, 5.41) is 4.74. The lowest BCUT2D eigenvalue weighted by atomic mass is 9.87. The number of halogens is 1. The van der Waals surface area contributed by atoms with Crippen molar-refractivity contribution >= 4 is 83.4 Å². The SMILES string of the molecule is Bc1c(NS(=O)(=O)c2c(P)cccc2I)cccc1-c1nc(C(C)(C)C)sc1-c1ccnc(NCC(C)N)n1. The van der Waals surface area contributed by atoms with Crippen LogP contribution in [0.3, 0.4) is 0 Å². The van der Waals surface area contributed by atoms with Gasteiger partial charge in [0.15, 0.2) is 0 Å². The van der Waals surface area contributed by atoms with Crippen molar-refractivity contribution in [1.82, 2.24) is 15.0 Å². The second kappa shape index (κ2) is 11.8. The molecular weight excluding hydrogens is 661 g/mol. The fourth-order valence-electron chi connectivity index (χ4n) is 3.83. The highest BCUT2D eigenvalue weighted by Gasteiger charge is 2.26. The smallest absolute Gasteiger partial charge is 0.263 e. The third-order valence-corrected chi connectivity index (χ3v) is 10.8. The monoisotopic (exact) mass is 692 g/mol. The van der Waals surface area contributed by atoms with E-state index in [-0.39, 0.29) is 16.4 Å². The molecule has 4 rings (SSSR count). The summed E-state index contributed by atoms with van der Waals surface area (Å²) in [5.74, 6) is 0.491. The minimum absolute atomic E-state index is 0.0422. The molecule has 2 atom stereocenters. The summed E-state index contributed by atoms with van der Waals surface area (Å²) in [5.41, 5.74) is 9.29. The Balaban J connectivity index is 1.81. The molecule has 0 fully saturated rings. The van der Waals surface area contributed by atoms with Gasteiger partial charge in [0.1, 0.15) is 12.7 Å². The Kier molecular flexibility index (Phi) is 9.02. The van der Waals surface area contributed by atoms with Crippen molar-refractivity contribution < 1.29 is 8.42 Å². The maximum absolute atomic E-state index is 13.4. The number of hydrogen-bond acceptors (Lipinski definition) is 8. The van der Waals surface area contributed by atoms with E-state index in [9.17, 15) is 8.42 Å². The molecule has 0 aliphatic rings. The van der Waals surface area contributed by atoms with Crippen molar-refractivity contribution in [3.63, 3.8) is 0 Å². The van der Waals surface area contributed by atoms with Crippen LogP contribution in [-0.2, 0) is 15.4 Å². The van der Waals surface area contributed by atoms with Crippen LogP contribution in [-0.4, -0.2) is 43.8 Å². The van der Waals surface area contributed by atoms with Crippen LogP contribution in [0.2, 0.25) is 0 Å². The molecule has 0 bridgehead atoms. The maximum Gasteiger partial charge on any atom is 0.263 e. The van der Waals surface area contributed by atoms with E-state index < -0.39 is 10.0 Å².